The molecule has 0 atom stereocenters. The van der Waals surface area contributed by atoms with Crippen LogP contribution in [-0.2, 0) is 10.1 Å². The fraction of sp³-hybridized carbons (Fsp3) is 1.00. The van der Waals surface area contributed by atoms with Crippen molar-refractivity contribution in [1.29, 1.82) is 0 Å². The predicted molar refractivity (Wildman–Crippen MR) is 57.0 cm³/mol. The molecule has 15 heavy (non-hydrogen) atoms. The van der Waals surface area contributed by atoms with E-state index < -0.39 is 10.1 Å². The van der Waals surface area contributed by atoms with E-state index >= 15 is 0 Å². The maximum Gasteiger partial charge on any atom is 0.265 e. The Balaban J connectivity index is 1.87. The molecule has 3 nitrogen and oxygen atoms in total. The molecule has 0 unspecified atom stereocenters. The van der Waals surface area contributed by atoms with Crippen LogP contribution in [0.5, 0.6) is 0 Å². The first-order valence-electron chi connectivity index (χ1n) is 5.89. The number of rotatable bonds is 2. The lowest BCUT2D eigenvalue weighted by atomic mass is 9.50. The molecule has 4 bridgehead atoms. The normalized spacial score (nSPS) is 48.5. The van der Waals surface area contributed by atoms with E-state index in [0.717, 1.165) is 37.0 Å². The summed E-state index contributed by atoms with van der Waals surface area (Å²) in [6.07, 6.45) is 7.05. The van der Waals surface area contributed by atoms with Gasteiger partial charge in [0, 0.05) is 0 Å². The molecule has 4 fully saturated rings. The third-order valence-electron chi connectivity index (χ3n) is 4.65. The zero-order chi connectivity index (χ0) is 10.7. The van der Waals surface area contributed by atoms with Crippen LogP contribution in [0, 0.1) is 23.2 Å². The highest BCUT2D eigenvalue weighted by Gasteiger charge is 2.52. The molecule has 0 saturated heterocycles. The van der Waals surface area contributed by atoms with Crippen LogP contribution in [-0.4, -0.2) is 18.7 Å². The number of hydrogen-bond acceptors (Lipinski definition) is 2. The second-order valence-electron chi connectivity index (χ2n) is 6.14. The summed E-state index contributed by atoms with van der Waals surface area (Å²) in [4.78, 5) is 0. The van der Waals surface area contributed by atoms with Crippen molar-refractivity contribution in [2.24, 2.45) is 23.2 Å². The van der Waals surface area contributed by atoms with Crippen LogP contribution in [0.1, 0.15) is 38.5 Å². The molecular weight excluding hydrogens is 212 g/mol. The molecule has 0 radical (unpaired) electrons. The average Bonchev–Trinajstić information content (AvgIpc) is 1.94. The zero-order valence-electron chi connectivity index (χ0n) is 8.85. The van der Waals surface area contributed by atoms with Gasteiger partial charge in [0.1, 0.15) is 0 Å². The first kappa shape index (κ1) is 10.1. The van der Waals surface area contributed by atoms with E-state index in [1.165, 1.54) is 19.3 Å². The number of hydrogen-bond donors (Lipinski definition) is 1. The van der Waals surface area contributed by atoms with Crippen molar-refractivity contribution in [3.8, 4) is 0 Å². The minimum absolute atomic E-state index is 0.0174. The highest BCUT2D eigenvalue weighted by atomic mass is 32.2. The van der Waals surface area contributed by atoms with Crippen molar-refractivity contribution < 1.29 is 13.0 Å². The van der Waals surface area contributed by atoms with Gasteiger partial charge in [0.2, 0.25) is 0 Å². The lowest BCUT2D eigenvalue weighted by Crippen LogP contribution is -2.49. The topological polar surface area (TPSA) is 54.4 Å². The molecule has 4 aliphatic rings. The minimum atomic E-state index is -3.79. The lowest BCUT2D eigenvalue weighted by Gasteiger charge is -2.56. The second kappa shape index (κ2) is 2.98. The van der Waals surface area contributed by atoms with Crippen molar-refractivity contribution in [3.05, 3.63) is 0 Å². The molecule has 0 spiro atoms. The van der Waals surface area contributed by atoms with Crippen LogP contribution in [0.4, 0.5) is 0 Å². The van der Waals surface area contributed by atoms with Gasteiger partial charge in [-0.3, -0.25) is 4.55 Å². The highest BCUT2D eigenvalue weighted by molar-refractivity contribution is 7.85. The molecule has 1 N–H and O–H groups in total. The largest absolute Gasteiger partial charge is 0.286 e. The van der Waals surface area contributed by atoms with E-state index in [2.05, 4.69) is 0 Å². The molecule has 86 valence electrons. The molecule has 4 rings (SSSR count). The van der Waals surface area contributed by atoms with Gasteiger partial charge in [-0.05, 0) is 61.7 Å². The fourth-order valence-electron chi connectivity index (χ4n) is 4.85. The first-order valence-corrected chi connectivity index (χ1v) is 7.50. The Morgan fingerprint density at radius 3 is 1.73 bits per heavy atom. The average molecular weight is 230 g/mol. The Hall–Kier alpha value is -0.0900. The molecular formula is C11H18O3S. The van der Waals surface area contributed by atoms with Crippen molar-refractivity contribution in [2.45, 2.75) is 38.5 Å². The molecule has 0 aromatic rings. The quantitative estimate of drug-likeness (QED) is 0.739. The van der Waals surface area contributed by atoms with Crippen LogP contribution in [0.3, 0.4) is 0 Å². The van der Waals surface area contributed by atoms with Crippen LogP contribution in [0.15, 0.2) is 0 Å². The Bertz CT molecular complexity index is 336. The van der Waals surface area contributed by atoms with E-state index in [1.807, 2.05) is 0 Å². The van der Waals surface area contributed by atoms with Gasteiger partial charge in [0.25, 0.3) is 10.1 Å². The molecule has 0 aromatic carbocycles. The molecule has 4 saturated carbocycles. The summed E-state index contributed by atoms with van der Waals surface area (Å²) in [5.74, 6) is 2.26. The van der Waals surface area contributed by atoms with Crippen LogP contribution < -0.4 is 0 Å². The van der Waals surface area contributed by atoms with Crippen molar-refractivity contribution >= 4 is 10.1 Å². The molecule has 4 heteroatoms. The Kier molecular flexibility index (Phi) is 2.00. The Labute approximate surface area is 91.0 Å². The summed E-state index contributed by atoms with van der Waals surface area (Å²) < 4.78 is 31.2. The van der Waals surface area contributed by atoms with E-state index in [9.17, 15) is 8.42 Å². The molecule has 0 heterocycles. The molecule has 0 aliphatic heterocycles. The van der Waals surface area contributed by atoms with Gasteiger partial charge in [0.05, 0.1) is 5.75 Å². The van der Waals surface area contributed by atoms with Crippen molar-refractivity contribution in [3.63, 3.8) is 0 Å². The van der Waals surface area contributed by atoms with Gasteiger partial charge < -0.3 is 0 Å². The van der Waals surface area contributed by atoms with E-state index in [1.54, 1.807) is 0 Å². The Morgan fingerprint density at radius 2 is 1.40 bits per heavy atom. The molecule has 0 aromatic heterocycles. The molecule has 4 aliphatic carbocycles. The van der Waals surface area contributed by atoms with Gasteiger partial charge in [-0.1, -0.05) is 0 Å². The van der Waals surface area contributed by atoms with E-state index in [4.69, 9.17) is 4.55 Å². The zero-order valence-corrected chi connectivity index (χ0v) is 9.67. The van der Waals surface area contributed by atoms with E-state index in [0.29, 0.717) is 0 Å². The van der Waals surface area contributed by atoms with Crippen molar-refractivity contribution in [1.82, 2.24) is 0 Å². The van der Waals surface area contributed by atoms with Crippen molar-refractivity contribution in [2.75, 3.05) is 5.75 Å². The summed E-state index contributed by atoms with van der Waals surface area (Å²) >= 11 is 0. The van der Waals surface area contributed by atoms with Crippen LogP contribution in [0.25, 0.3) is 0 Å². The fourth-order valence-corrected chi connectivity index (χ4v) is 5.98. The predicted octanol–water partition coefficient (Wildman–Crippen LogP) is 2.09. The maximum atomic E-state index is 11.1. The molecule has 0 amide bonds. The summed E-state index contributed by atoms with van der Waals surface area (Å²) in [7, 11) is -3.79. The lowest BCUT2D eigenvalue weighted by molar-refractivity contribution is -0.0396. The summed E-state index contributed by atoms with van der Waals surface area (Å²) in [5.41, 5.74) is -0.0532. The van der Waals surface area contributed by atoms with E-state index in [-0.39, 0.29) is 11.2 Å². The second-order valence-corrected chi connectivity index (χ2v) is 7.60. The monoisotopic (exact) mass is 230 g/mol. The summed E-state index contributed by atoms with van der Waals surface area (Å²) in [5, 5.41) is 0. The summed E-state index contributed by atoms with van der Waals surface area (Å²) in [6, 6.07) is 0. The third kappa shape index (κ3) is 1.82. The van der Waals surface area contributed by atoms with Gasteiger partial charge in [-0.15, -0.1) is 0 Å². The van der Waals surface area contributed by atoms with Gasteiger partial charge in [0.15, 0.2) is 0 Å². The van der Waals surface area contributed by atoms with Crippen LogP contribution in [0.2, 0.25) is 0 Å². The highest BCUT2D eigenvalue weighted by Crippen LogP contribution is 2.60. The standard InChI is InChI=1S/C11H18O3S/c12-15(13,14)7-11-4-8-1-9(5-11)3-10(2-8)6-11/h8-10H,1-7H2,(H,12,13,14). The van der Waals surface area contributed by atoms with Crippen LogP contribution >= 0.6 is 0 Å². The Morgan fingerprint density at radius 1 is 1.00 bits per heavy atom. The van der Waals surface area contributed by atoms with Gasteiger partial charge >= 0.3 is 0 Å². The summed E-state index contributed by atoms with van der Waals surface area (Å²) in [6.45, 7) is 0. The smallest absolute Gasteiger partial charge is 0.265 e. The van der Waals surface area contributed by atoms with Gasteiger partial charge in [-0.25, -0.2) is 0 Å². The maximum absolute atomic E-state index is 11.1. The first-order chi connectivity index (χ1) is 6.94. The SMILES string of the molecule is O=S(=O)(O)CC12CC3CC(CC(C3)C1)C2. The van der Waals surface area contributed by atoms with Gasteiger partial charge in [-0.2, -0.15) is 8.42 Å². The third-order valence-corrected chi connectivity index (χ3v) is 5.63. The minimum Gasteiger partial charge on any atom is -0.286 e.